The summed E-state index contributed by atoms with van der Waals surface area (Å²) in [5.74, 6) is 0.597. The predicted octanol–water partition coefficient (Wildman–Crippen LogP) is 4.18. The van der Waals surface area contributed by atoms with Crippen LogP contribution in [0.4, 0.5) is 5.95 Å². The van der Waals surface area contributed by atoms with E-state index in [9.17, 15) is 0 Å². The van der Waals surface area contributed by atoms with Crippen LogP contribution in [0.2, 0.25) is 10.3 Å². The van der Waals surface area contributed by atoms with Crippen molar-refractivity contribution in [1.29, 1.82) is 0 Å². The van der Waals surface area contributed by atoms with Gasteiger partial charge < -0.3 is 4.90 Å². The van der Waals surface area contributed by atoms with E-state index >= 15 is 0 Å². The SMILES string of the molecule is CCN(CC)c1nc(Cl)nc(Sc2cccc(Cl)c2)n1. The lowest BCUT2D eigenvalue weighted by Crippen LogP contribution is -2.24. The molecule has 0 radical (unpaired) electrons. The van der Waals surface area contributed by atoms with Gasteiger partial charge in [-0.25, -0.2) is 0 Å². The molecular weight excluding hydrogens is 315 g/mol. The summed E-state index contributed by atoms with van der Waals surface area (Å²) in [5.41, 5.74) is 0. The van der Waals surface area contributed by atoms with Gasteiger partial charge in [0.15, 0.2) is 5.16 Å². The first-order chi connectivity index (χ1) is 9.62. The van der Waals surface area contributed by atoms with E-state index in [0.717, 1.165) is 18.0 Å². The maximum absolute atomic E-state index is 5.98. The quantitative estimate of drug-likeness (QED) is 0.823. The first-order valence-corrected chi connectivity index (χ1v) is 7.79. The molecule has 0 bridgehead atoms. The summed E-state index contributed by atoms with van der Waals surface area (Å²) in [7, 11) is 0. The van der Waals surface area contributed by atoms with Crippen molar-refractivity contribution in [1.82, 2.24) is 15.0 Å². The number of aromatic nitrogens is 3. The van der Waals surface area contributed by atoms with Gasteiger partial charge in [0.25, 0.3) is 0 Å². The zero-order valence-corrected chi connectivity index (χ0v) is 13.5. The second-order valence-electron chi connectivity index (χ2n) is 3.92. The normalized spacial score (nSPS) is 10.6. The molecule has 2 aromatic rings. The van der Waals surface area contributed by atoms with Crippen molar-refractivity contribution in [2.45, 2.75) is 23.9 Å². The summed E-state index contributed by atoms with van der Waals surface area (Å²) in [6, 6.07) is 7.53. The number of hydrogen-bond donors (Lipinski definition) is 0. The first kappa shape index (κ1) is 15.4. The van der Waals surface area contributed by atoms with Gasteiger partial charge in [-0.15, -0.1) is 0 Å². The summed E-state index contributed by atoms with van der Waals surface area (Å²) in [6.07, 6.45) is 0. The van der Waals surface area contributed by atoms with Crippen LogP contribution in [0, 0.1) is 0 Å². The van der Waals surface area contributed by atoms with E-state index in [2.05, 4.69) is 15.0 Å². The molecule has 0 unspecified atom stereocenters. The van der Waals surface area contributed by atoms with Crippen LogP contribution < -0.4 is 4.90 Å². The van der Waals surface area contributed by atoms with Crippen LogP contribution in [-0.2, 0) is 0 Å². The highest BCUT2D eigenvalue weighted by Crippen LogP contribution is 2.28. The molecule has 0 N–H and O–H groups in total. The highest BCUT2D eigenvalue weighted by molar-refractivity contribution is 7.99. The van der Waals surface area contributed by atoms with Gasteiger partial charge in [-0.05, 0) is 55.4 Å². The van der Waals surface area contributed by atoms with Crippen LogP contribution in [0.3, 0.4) is 0 Å². The highest BCUT2D eigenvalue weighted by atomic mass is 35.5. The Kier molecular flexibility index (Phi) is 5.46. The number of hydrogen-bond acceptors (Lipinski definition) is 5. The monoisotopic (exact) mass is 328 g/mol. The van der Waals surface area contributed by atoms with Gasteiger partial charge in [0.2, 0.25) is 11.2 Å². The Morgan fingerprint density at radius 2 is 1.85 bits per heavy atom. The van der Waals surface area contributed by atoms with Crippen molar-refractivity contribution in [3.8, 4) is 0 Å². The second-order valence-corrected chi connectivity index (χ2v) is 5.73. The lowest BCUT2D eigenvalue weighted by Gasteiger charge is -2.18. The van der Waals surface area contributed by atoms with Gasteiger partial charge >= 0.3 is 0 Å². The average Bonchev–Trinajstić information content (AvgIpc) is 2.39. The standard InChI is InChI=1S/C13H14Cl2N4S/c1-3-19(4-2)12-16-11(15)17-13(18-12)20-10-7-5-6-9(14)8-10/h5-8H,3-4H2,1-2H3. The van der Waals surface area contributed by atoms with E-state index in [4.69, 9.17) is 23.2 Å². The van der Waals surface area contributed by atoms with E-state index in [1.165, 1.54) is 11.8 Å². The molecule has 0 aliphatic heterocycles. The van der Waals surface area contributed by atoms with Crippen molar-refractivity contribution in [2.75, 3.05) is 18.0 Å². The third kappa shape index (κ3) is 3.98. The van der Waals surface area contributed by atoms with Gasteiger partial charge in [0.05, 0.1) is 0 Å². The number of rotatable bonds is 5. The second kappa shape index (κ2) is 7.11. The molecular formula is C13H14Cl2N4S. The van der Waals surface area contributed by atoms with Gasteiger partial charge in [0, 0.05) is 23.0 Å². The molecule has 2 rings (SSSR count). The predicted molar refractivity (Wildman–Crippen MR) is 84.0 cm³/mol. The molecule has 0 atom stereocenters. The van der Waals surface area contributed by atoms with Crippen LogP contribution in [0.5, 0.6) is 0 Å². The van der Waals surface area contributed by atoms with Crippen LogP contribution in [0.15, 0.2) is 34.3 Å². The molecule has 0 spiro atoms. The Balaban J connectivity index is 2.28. The van der Waals surface area contributed by atoms with Crippen molar-refractivity contribution in [3.63, 3.8) is 0 Å². The molecule has 1 heterocycles. The van der Waals surface area contributed by atoms with Crippen LogP contribution in [0.1, 0.15) is 13.8 Å². The zero-order valence-electron chi connectivity index (χ0n) is 11.2. The summed E-state index contributed by atoms with van der Waals surface area (Å²) in [6.45, 7) is 5.73. The lowest BCUT2D eigenvalue weighted by atomic mass is 10.4. The molecule has 106 valence electrons. The third-order valence-corrected chi connectivity index (χ3v) is 3.89. The van der Waals surface area contributed by atoms with Crippen molar-refractivity contribution in [2.24, 2.45) is 0 Å². The molecule has 0 aliphatic rings. The van der Waals surface area contributed by atoms with E-state index in [1.807, 2.05) is 43.0 Å². The van der Waals surface area contributed by atoms with Gasteiger partial charge in [-0.2, -0.15) is 15.0 Å². The molecule has 20 heavy (non-hydrogen) atoms. The number of anilines is 1. The number of benzene rings is 1. The third-order valence-electron chi connectivity index (χ3n) is 2.63. The lowest BCUT2D eigenvalue weighted by molar-refractivity contribution is 0.782. The van der Waals surface area contributed by atoms with E-state index < -0.39 is 0 Å². The summed E-state index contributed by atoms with van der Waals surface area (Å²) in [4.78, 5) is 15.7. The molecule has 0 saturated carbocycles. The zero-order chi connectivity index (χ0) is 14.5. The van der Waals surface area contributed by atoms with Crippen LogP contribution in [0.25, 0.3) is 0 Å². The van der Waals surface area contributed by atoms with Crippen molar-refractivity contribution < 1.29 is 0 Å². The first-order valence-electron chi connectivity index (χ1n) is 6.22. The molecule has 1 aromatic heterocycles. The Morgan fingerprint density at radius 3 is 2.50 bits per heavy atom. The van der Waals surface area contributed by atoms with Crippen molar-refractivity contribution in [3.05, 3.63) is 34.6 Å². The largest absolute Gasteiger partial charge is 0.341 e. The maximum Gasteiger partial charge on any atom is 0.230 e. The van der Waals surface area contributed by atoms with Gasteiger partial charge in [-0.3, -0.25) is 0 Å². The van der Waals surface area contributed by atoms with Crippen molar-refractivity contribution >= 4 is 40.9 Å². The summed E-state index contributed by atoms with van der Waals surface area (Å²) >= 11 is 13.4. The Bertz CT molecular complexity index is 590. The maximum atomic E-state index is 5.98. The molecule has 4 nitrogen and oxygen atoms in total. The van der Waals surface area contributed by atoms with E-state index in [1.54, 1.807) is 0 Å². The topological polar surface area (TPSA) is 41.9 Å². The number of nitrogens with zero attached hydrogens (tertiary/aromatic N) is 4. The average molecular weight is 329 g/mol. The summed E-state index contributed by atoms with van der Waals surface area (Å²) < 4.78 is 0. The minimum absolute atomic E-state index is 0.200. The molecule has 0 saturated heterocycles. The highest BCUT2D eigenvalue weighted by Gasteiger charge is 2.11. The molecule has 0 aliphatic carbocycles. The van der Waals surface area contributed by atoms with E-state index in [0.29, 0.717) is 16.1 Å². The molecule has 0 amide bonds. The fourth-order valence-electron chi connectivity index (χ4n) is 1.65. The molecule has 0 fully saturated rings. The number of halogens is 2. The fraction of sp³-hybridized carbons (Fsp3) is 0.308. The van der Waals surface area contributed by atoms with E-state index in [-0.39, 0.29) is 5.28 Å². The Labute approximate surface area is 132 Å². The van der Waals surface area contributed by atoms with Crippen LogP contribution in [-0.4, -0.2) is 28.0 Å². The Morgan fingerprint density at radius 1 is 1.10 bits per heavy atom. The van der Waals surface area contributed by atoms with Crippen LogP contribution >= 0.6 is 35.0 Å². The Hall–Kier alpha value is -1.04. The van der Waals surface area contributed by atoms with Gasteiger partial charge in [-0.1, -0.05) is 17.7 Å². The fourth-order valence-corrected chi connectivity index (χ4v) is 2.91. The minimum Gasteiger partial charge on any atom is -0.341 e. The molecule has 1 aromatic carbocycles. The van der Waals surface area contributed by atoms with Gasteiger partial charge in [0.1, 0.15) is 0 Å². The minimum atomic E-state index is 0.200. The smallest absolute Gasteiger partial charge is 0.230 e. The summed E-state index contributed by atoms with van der Waals surface area (Å²) in [5, 5.41) is 1.44. The molecule has 7 heteroatoms.